The first-order valence-corrected chi connectivity index (χ1v) is 10.7. The summed E-state index contributed by atoms with van der Waals surface area (Å²) in [6, 6.07) is 4.09. The number of nitrogens with zero attached hydrogens (tertiary/aromatic N) is 2. The van der Waals surface area contributed by atoms with Gasteiger partial charge in [-0.05, 0) is 39.0 Å². The molecule has 3 unspecified atom stereocenters. The van der Waals surface area contributed by atoms with Crippen molar-refractivity contribution in [3.05, 3.63) is 29.3 Å². The second kappa shape index (κ2) is 8.61. The first-order chi connectivity index (χ1) is 15.7. The summed E-state index contributed by atoms with van der Waals surface area (Å²) in [4.78, 5) is 26.4. The van der Waals surface area contributed by atoms with Crippen molar-refractivity contribution in [2.45, 2.75) is 63.7 Å². The molecule has 2 saturated heterocycles. The van der Waals surface area contributed by atoms with Gasteiger partial charge in [-0.25, -0.2) is 0 Å². The van der Waals surface area contributed by atoms with Crippen LogP contribution in [0, 0.1) is 22.7 Å². The number of hydrogen-bond acceptors (Lipinski definition) is 7. The van der Waals surface area contributed by atoms with Crippen LogP contribution in [0.25, 0.3) is 0 Å². The Labute approximate surface area is 194 Å². The van der Waals surface area contributed by atoms with E-state index in [2.05, 4.69) is 0 Å². The second-order valence-electron chi connectivity index (χ2n) is 9.43. The van der Waals surface area contributed by atoms with Gasteiger partial charge in [0.2, 0.25) is 12.3 Å². The minimum Gasteiger partial charge on any atom is -0.394 e. The smallest absolute Gasteiger partial charge is 0.394 e. The van der Waals surface area contributed by atoms with Gasteiger partial charge in [-0.1, -0.05) is 6.92 Å². The van der Waals surface area contributed by atoms with Gasteiger partial charge in [-0.2, -0.15) is 18.4 Å². The Morgan fingerprint density at radius 1 is 1.41 bits per heavy atom. The highest BCUT2D eigenvalue weighted by Crippen LogP contribution is 2.65. The number of carbonyl (C=O) groups excluding carboxylic acids is 2. The van der Waals surface area contributed by atoms with Gasteiger partial charge in [0, 0.05) is 12.3 Å². The van der Waals surface area contributed by atoms with Crippen molar-refractivity contribution in [1.82, 2.24) is 0 Å². The molecule has 1 aromatic rings. The SMILES string of the molecule is C[C@@H]1C2(C)C[C@H](OCC(O)CO)C(C)(O2)[C@]1(C)C(=O)N(C=O)c1ccc(C#N)c(C(F)(F)F)c1. The highest BCUT2D eigenvalue weighted by molar-refractivity contribution is 6.10. The van der Waals surface area contributed by atoms with Crippen LogP contribution in [0.15, 0.2) is 18.2 Å². The molecule has 8 nitrogen and oxygen atoms in total. The number of imide groups is 1. The highest BCUT2D eigenvalue weighted by atomic mass is 19.4. The summed E-state index contributed by atoms with van der Waals surface area (Å²) in [5, 5.41) is 27.8. The summed E-state index contributed by atoms with van der Waals surface area (Å²) in [6.07, 6.45) is -6.17. The van der Waals surface area contributed by atoms with Crippen LogP contribution >= 0.6 is 0 Å². The molecule has 2 aliphatic heterocycles. The molecule has 0 saturated carbocycles. The number of rotatable bonds is 7. The first kappa shape index (κ1) is 26.1. The molecule has 34 heavy (non-hydrogen) atoms. The monoisotopic (exact) mass is 484 g/mol. The average Bonchev–Trinajstić information content (AvgIpc) is 3.15. The van der Waals surface area contributed by atoms with Crippen molar-refractivity contribution >= 4 is 18.0 Å². The zero-order valence-electron chi connectivity index (χ0n) is 19.2. The maximum Gasteiger partial charge on any atom is 0.417 e. The molecular formula is C23H27F3N2O6. The summed E-state index contributed by atoms with van der Waals surface area (Å²) in [5.74, 6) is -1.24. The van der Waals surface area contributed by atoms with Crippen LogP contribution in [0.2, 0.25) is 0 Å². The molecular weight excluding hydrogens is 457 g/mol. The lowest BCUT2D eigenvalue weighted by Crippen LogP contribution is -2.62. The molecule has 2 amide bonds. The third-order valence-corrected chi connectivity index (χ3v) is 7.64. The van der Waals surface area contributed by atoms with Crippen molar-refractivity contribution in [2.24, 2.45) is 11.3 Å². The Morgan fingerprint density at radius 3 is 2.56 bits per heavy atom. The Bertz CT molecular complexity index is 1030. The lowest BCUT2D eigenvalue weighted by atomic mass is 9.57. The van der Waals surface area contributed by atoms with Crippen LogP contribution in [-0.4, -0.2) is 59.2 Å². The molecule has 0 aliphatic carbocycles. The molecule has 11 heteroatoms. The van der Waals surface area contributed by atoms with Crippen LogP contribution < -0.4 is 4.90 Å². The zero-order chi connectivity index (χ0) is 25.7. The third-order valence-electron chi connectivity index (χ3n) is 7.64. The predicted octanol–water partition coefficient (Wildman–Crippen LogP) is 2.40. The Kier molecular flexibility index (Phi) is 6.60. The van der Waals surface area contributed by atoms with Gasteiger partial charge in [0.1, 0.15) is 11.7 Å². The maximum atomic E-state index is 13.8. The van der Waals surface area contributed by atoms with E-state index in [0.29, 0.717) is 17.4 Å². The Morgan fingerprint density at radius 2 is 2.06 bits per heavy atom. The quantitative estimate of drug-likeness (QED) is 0.570. The van der Waals surface area contributed by atoms with E-state index in [1.54, 1.807) is 27.7 Å². The summed E-state index contributed by atoms with van der Waals surface area (Å²) in [6.45, 7) is 6.04. The van der Waals surface area contributed by atoms with Crippen LogP contribution in [0.1, 0.15) is 45.2 Å². The normalized spacial score (nSPS) is 33.4. The van der Waals surface area contributed by atoms with Gasteiger partial charge in [0.05, 0.1) is 53.2 Å². The third kappa shape index (κ3) is 3.79. The molecule has 0 radical (unpaired) electrons. The van der Waals surface area contributed by atoms with E-state index in [1.165, 1.54) is 6.07 Å². The fourth-order valence-corrected chi connectivity index (χ4v) is 5.29. The number of amides is 2. The number of aliphatic hydroxyl groups is 2. The van der Waals surface area contributed by atoms with Crippen molar-refractivity contribution < 1.29 is 42.4 Å². The lowest BCUT2D eigenvalue weighted by molar-refractivity contribution is -0.158. The molecule has 6 atom stereocenters. The number of carbonyl (C=O) groups is 2. The molecule has 1 aromatic carbocycles. The fraction of sp³-hybridized carbons (Fsp3) is 0.609. The minimum atomic E-state index is -4.86. The first-order valence-electron chi connectivity index (χ1n) is 10.7. The van der Waals surface area contributed by atoms with E-state index in [0.717, 1.165) is 12.1 Å². The van der Waals surface area contributed by atoms with Crippen LogP contribution in [-0.2, 0) is 25.2 Å². The number of fused-ring (bicyclic) bond motifs is 2. The van der Waals surface area contributed by atoms with Gasteiger partial charge in [0.25, 0.3) is 0 Å². The molecule has 0 aromatic heterocycles. The van der Waals surface area contributed by atoms with E-state index in [1.807, 2.05) is 0 Å². The van der Waals surface area contributed by atoms with E-state index < -0.39 is 64.6 Å². The van der Waals surface area contributed by atoms with Gasteiger partial charge in [-0.3, -0.25) is 14.5 Å². The average molecular weight is 484 g/mol. The minimum absolute atomic E-state index is 0.144. The van der Waals surface area contributed by atoms with Gasteiger partial charge < -0.3 is 19.7 Å². The summed E-state index contributed by atoms with van der Waals surface area (Å²) < 4.78 is 52.5. The van der Waals surface area contributed by atoms with Gasteiger partial charge >= 0.3 is 6.18 Å². The maximum absolute atomic E-state index is 13.8. The summed E-state index contributed by atoms with van der Waals surface area (Å²) >= 11 is 0. The standard InChI is InChI=1S/C23H27F3N2O6/c1-13-20(2)8-18(33-11-16(31)10-29)22(4,34-20)21(13,3)19(32)28(12-30)15-6-5-14(9-27)17(7-15)23(24,25)26/h5-7,12-13,16,18,29,31H,8,10-11H2,1-4H3/t13-,16?,18+,20?,21+,22?/m1/s1. The number of anilines is 1. The number of alkyl halides is 3. The molecule has 2 heterocycles. The number of aliphatic hydroxyl groups excluding tert-OH is 2. The Hall–Kier alpha value is -2.52. The van der Waals surface area contributed by atoms with E-state index in [9.17, 15) is 27.9 Å². The number of nitriles is 1. The topological polar surface area (TPSA) is 120 Å². The number of hydrogen-bond donors (Lipinski definition) is 2. The van der Waals surface area contributed by atoms with Crippen molar-refractivity contribution in [1.29, 1.82) is 5.26 Å². The molecule has 2 fully saturated rings. The highest BCUT2D eigenvalue weighted by Gasteiger charge is 2.75. The lowest BCUT2D eigenvalue weighted by Gasteiger charge is -2.48. The second-order valence-corrected chi connectivity index (χ2v) is 9.43. The van der Waals surface area contributed by atoms with E-state index >= 15 is 0 Å². The van der Waals surface area contributed by atoms with E-state index in [-0.39, 0.29) is 18.7 Å². The molecule has 2 aliphatic rings. The van der Waals surface area contributed by atoms with Crippen LogP contribution in [0.5, 0.6) is 0 Å². The largest absolute Gasteiger partial charge is 0.417 e. The van der Waals surface area contributed by atoms with Crippen molar-refractivity contribution in [3.8, 4) is 6.07 Å². The van der Waals surface area contributed by atoms with Crippen molar-refractivity contribution in [2.75, 3.05) is 18.1 Å². The molecule has 3 rings (SSSR count). The predicted molar refractivity (Wildman–Crippen MR) is 112 cm³/mol. The summed E-state index contributed by atoms with van der Waals surface area (Å²) in [7, 11) is 0. The summed E-state index contributed by atoms with van der Waals surface area (Å²) in [5.41, 5.74) is -5.75. The van der Waals surface area contributed by atoms with Crippen LogP contribution in [0.4, 0.5) is 18.9 Å². The van der Waals surface area contributed by atoms with Crippen LogP contribution in [0.3, 0.4) is 0 Å². The molecule has 2 N–H and O–H groups in total. The molecule has 0 spiro atoms. The Balaban J connectivity index is 2.03. The van der Waals surface area contributed by atoms with Gasteiger partial charge in [0.15, 0.2) is 0 Å². The zero-order valence-corrected chi connectivity index (χ0v) is 19.2. The van der Waals surface area contributed by atoms with Gasteiger partial charge in [-0.15, -0.1) is 0 Å². The number of halogens is 3. The molecule has 2 bridgehead atoms. The fourth-order valence-electron chi connectivity index (χ4n) is 5.29. The number of benzene rings is 1. The molecule has 186 valence electrons. The van der Waals surface area contributed by atoms with Crippen molar-refractivity contribution in [3.63, 3.8) is 0 Å². The number of ether oxygens (including phenoxy) is 2. The van der Waals surface area contributed by atoms with E-state index in [4.69, 9.17) is 19.8 Å².